The Morgan fingerprint density at radius 1 is 1.50 bits per heavy atom. The van der Waals surface area contributed by atoms with E-state index in [0.29, 0.717) is 22.5 Å². The topological polar surface area (TPSA) is 74.2 Å². The molecule has 0 bridgehead atoms. The molecule has 0 aliphatic carbocycles. The summed E-state index contributed by atoms with van der Waals surface area (Å²) < 4.78 is 24.1. The lowest BCUT2D eigenvalue weighted by atomic mass is 10.1. The second kappa shape index (κ2) is 5.99. The number of aromatic nitrogens is 2. The van der Waals surface area contributed by atoms with Crippen LogP contribution in [0.3, 0.4) is 0 Å². The molecule has 1 unspecified atom stereocenters. The summed E-state index contributed by atoms with van der Waals surface area (Å²) in [6.45, 7) is 4.48. The molecule has 2 rings (SSSR count). The first kappa shape index (κ1) is 15.1. The van der Waals surface area contributed by atoms with Crippen molar-refractivity contribution >= 4 is 15.9 Å². The van der Waals surface area contributed by atoms with Crippen molar-refractivity contribution in [2.75, 3.05) is 13.2 Å². The minimum atomic E-state index is -0.843. The summed E-state index contributed by atoms with van der Waals surface area (Å²) in [6, 6.07) is 4.22. The molecular weight excluding hydrogens is 329 g/mol. The van der Waals surface area contributed by atoms with E-state index in [4.69, 9.17) is 15.0 Å². The molecule has 7 heteroatoms. The average molecular weight is 344 g/mol. The van der Waals surface area contributed by atoms with E-state index in [1.165, 1.54) is 12.1 Å². The van der Waals surface area contributed by atoms with Gasteiger partial charge in [0.1, 0.15) is 11.4 Å². The molecule has 0 saturated carbocycles. The highest BCUT2D eigenvalue weighted by atomic mass is 79.9. The highest BCUT2D eigenvalue weighted by Crippen LogP contribution is 2.28. The number of rotatable bonds is 5. The summed E-state index contributed by atoms with van der Waals surface area (Å²) in [6.07, 6.45) is 0. The molecular formula is C13H15BrFN3O2. The van der Waals surface area contributed by atoms with Gasteiger partial charge in [0, 0.05) is 11.1 Å². The molecule has 5 nitrogen and oxygen atoms in total. The van der Waals surface area contributed by atoms with E-state index in [0.717, 1.165) is 0 Å². The fourth-order valence-corrected chi connectivity index (χ4v) is 2.13. The minimum Gasteiger partial charge on any atom is -0.379 e. The zero-order chi connectivity index (χ0) is 14.8. The van der Waals surface area contributed by atoms with Gasteiger partial charge in [-0.3, -0.25) is 0 Å². The molecule has 1 aromatic heterocycles. The fourth-order valence-electron chi connectivity index (χ4n) is 1.61. The third kappa shape index (κ3) is 3.23. The van der Waals surface area contributed by atoms with E-state index in [1.54, 1.807) is 13.0 Å². The van der Waals surface area contributed by atoms with Crippen LogP contribution in [0, 0.1) is 5.82 Å². The number of ether oxygens (including phenoxy) is 1. The zero-order valence-electron chi connectivity index (χ0n) is 11.2. The van der Waals surface area contributed by atoms with E-state index in [2.05, 4.69) is 26.1 Å². The van der Waals surface area contributed by atoms with Crippen molar-refractivity contribution in [3.8, 4) is 11.5 Å². The number of halogens is 2. The molecule has 2 aromatic rings. The quantitative estimate of drug-likeness (QED) is 0.903. The third-order valence-corrected chi connectivity index (χ3v) is 3.36. The van der Waals surface area contributed by atoms with E-state index >= 15 is 0 Å². The molecule has 1 aromatic carbocycles. The summed E-state index contributed by atoms with van der Waals surface area (Å²) in [5.74, 6) is 0.276. The molecule has 0 aliphatic heterocycles. The molecule has 0 spiro atoms. The maximum atomic E-state index is 13.1. The van der Waals surface area contributed by atoms with Gasteiger partial charge < -0.3 is 15.0 Å². The molecule has 108 valence electrons. The molecule has 0 fully saturated rings. The Balaban J connectivity index is 2.28. The van der Waals surface area contributed by atoms with Crippen LogP contribution in [0.15, 0.2) is 27.2 Å². The van der Waals surface area contributed by atoms with Gasteiger partial charge in [0.2, 0.25) is 0 Å². The summed E-state index contributed by atoms with van der Waals surface area (Å²) >= 11 is 3.26. The van der Waals surface area contributed by atoms with Gasteiger partial charge in [-0.25, -0.2) is 4.39 Å². The first-order valence-corrected chi connectivity index (χ1v) is 6.89. The highest BCUT2D eigenvalue weighted by molar-refractivity contribution is 9.10. The van der Waals surface area contributed by atoms with Gasteiger partial charge in [-0.05, 0) is 48.0 Å². The molecule has 1 atom stereocenters. The molecule has 1 heterocycles. The van der Waals surface area contributed by atoms with Gasteiger partial charge >= 0.3 is 0 Å². The summed E-state index contributed by atoms with van der Waals surface area (Å²) in [7, 11) is 0. The van der Waals surface area contributed by atoms with E-state index in [-0.39, 0.29) is 18.3 Å². The second-order valence-electron chi connectivity index (χ2n) is 4.60. The van der Waals surface area contributed by atoms with Crippen LogP contribution in [-0.4, -0.2) is 23.4 Å². The molecule has 0 radical (unpaired) electrons. The lowest BCUT2D eigenvalue weighted by Crippen LogP contribution is -2.39. The Morgan fingerprint density at radius 3 is 2.90 bits per heavy atom. The van der Waals surface area contributed by atoms with Crippen molar-refractivity contribution in [1.29, 1.82) is 0 Å². The van der Waals surface area contributed by atoms with Crippen LogP contribution < -0.4 is 5.73 Å². The number of nitrogens with zero attached hydrogens (tertiary/aromatic N) is 2. The third-order valence-electron chi connectivity index (χ3n) is 2.70. The Kier molecular flexibility index (Phi) is 4.52. The van der Waals surface area contributed by atoms with Crippen molar-refractivity contribution < 1.29 is 13.7 Å². The molecule has 2 N–H and O–H groups in total. The average Bonchev–Trinajstić information content (AvgIpc) is 2.86. The van der Waals surface area contributed by atoms with Crippen LogP contribution in [0.25, 0.3) is 11.5 Å². The maximum Gasteiger partial charge on any atom is 0.259 e. The van der Waals surface area contributed by atoms with E-state index in [9.17, 15) is 4.39 Å². The van der Waals surface area contributed by atoms with Gasteiger partial charge in [-0.2, -0.15) is 4.98 Å². The first-order chi connectivity index (χ1) is 9.44. The zero-order valence-corrected chi connectivity index (χ0v) is 12.8. The Morgan fingerprint density at radius 2 is 2.25 bits per heavy atom. The predicted molar refractivity (Wildman–Crippen MR) is 75.4 cm³/mol. The number of hydrogen-bond acceptors (Lipinski definition) is 5. The summed E-state index contributed by atoms with van der Waals surface area (Å²) in [5, 5.41) is 3.88. The predicted octanol–water partition coefficient (Wildman–Crippen LogP) is 2.85. The maximum absolute atomic E-state index is 13.1. The van der Waals surface area contributed by atoms with E-state index in [1.807, 2.05) is 6.92 Å². The molecule has 20 heavy (non-hydrogen) atoms. The summed E-state index contributed by atoms with van der Waals surface area (Å²) in [4.78, 5) is 4.26. The largest absolute Gasteiger partial charge is 0.379 e. The van der Waals surface area contributed by atoms with Gasteiger partial charge in [0.15, 0.2) is 5.82 Å². The SMILES string of the molecule is CCOCC(C)(N)c1noc(-c2ccc(F)cc2Br)n1. The van der Waals surface area contributed by atoms with Crippen LogP contribution >= 0.6 is 15.9 Å². The molecule has 0 amide bonds. The smallest absolute Gasteiger partial charge is 0.259 e. The van der Waals surface area contributed by atoms with Crippen LogP contribution in [-0.2, 0) is 10.3 Å². The van der Waals surface area contributed by atoms with Crippen molar-refractivity contribution in [1.82, 2.24) is 10.1 Å². The lowest BCUT2D eigenvalue weighted by molar-refractivity contribution is 0.0962. The van der Waals surface area contributed by atoms with Crippen molar-refractivity contribution in [3.05, 3.63) is 34.3 Å². The van der Waals surface area contributed by atoms with Gasteiger partial charge in [-0.15, -0.1) is 0 Å². The number of benzene rings is 1. The Hall–Kier alpha value is -1.31. The van der Waals surface area contributed by atoms with Crippen LogP contribution in [0.1, 0.15) is 19.7 Å². The van der Waals surface area contributed by atoms with Gasteiger partial charge in [0.05, 0.1) is 12.2 Å². The van der Waals surface area contributed by atoms with E-state index < -0.39 is 5.54 Å². The normalized spacial score (nSPS) is 14.2. The van der Waals surface area contributed by atoms with Gasteiger partial charge in [-0.1, -0.05) is 5.16 Å². The monoisotopic (exact) mass is 343 g/mol. The highest BCUT2D eigenvalue weighted by Gasteiger charge is 2.28. The molecule has 0 aliphatic rings. The van der Waals surface area contributed by atoms with Crippen molar-refractivity contribution in [3.63, 3.8) is 0 Å². The second-order valence-corrected chi connectivity index (χ2v) is 5.46. The fraction of sp³-hybridized carbons (Fsp3) is 0.385. The minimum absolute atomic E-state index is 0.278. The van der Waals surface area contributed by atoms with Crippen LogP contribution in [0.5, 0.6) is 0 Å². The number of nitrogens with two attached hydrogens (primary N) is 1. The Bertz CT molecular complexity index is 601. The summed E-state index contributed by atoms with van der Waals surface area (Å²) in [5.41, 5.74) is 5.86. The van der Waals surface area contributed by atoms with Crippen molar-refractivity contribution in [2.24, 2.45) is 5.73 Å². The van der Waals surface area contributed by atoms with Crippen LogP contribution in [0.4, 0.5) is 4.39 Å². The van der Waals surface area contributed by atoms with Gasteiger partial charge in [0.25, 0.3) is 5.89 Å². The van der Waals surface area contributed by atoms with Crippen LogP contribution in [0.2, 0.25) is 0 Å². The lowest BCUT2D eigenvalue weighted by Gasteiger charge is -2.19. The number of hydrogen-bond donors (Lipinski definition) is 1. The Labute approximate surface area is 124 Å². The standard InChI is InChI=1S/C13H15BrFN3O2/c1-3-19-7-13(2,16)12-17-11(20-18-12)9-5-4-8(15)6-10(9)14/h4-6H,3,7,16H2,1-2H3. The molecule has 0 saturated heterocycles. The first-order valence-electron chi connectivity index (χ1n) is 6.10. The van der Waals surface area contributed by atoms with Crippen molar-refractivity contribution in [2.45, 2.75) is 19.4 Å².